The third kappa shape index (κ3) is 2.88. The zero-order valence-corrected chi connectivity index (χ0v) is 11.0. The quantitative estimate of drug-likeness (QED) is 0.825. The number of halogens is 2. The summed E-state index contributed by atoms with van der Waals surface area (Å²) in [6, 6.07) is 0.488. The van der Waals surface area contributed by atoms with Crippen molar-refractivity contribution in [2.75, 3.05) is 7.05 Å². The van der Waals surface area contributed by atoms with Gasteiger partial charge < -0.3 is 0 Å². The van der Waals surface area contributed by atoms with Crippen molar-refractivity contribution < 1.29 is 8.78 Å². The van der Waals surface area contributed by atoms with E-state index in [1.807, 2.05) is 7.05 Å². The van der Waals surface area contributed by atoms with E-state index < -0.39 is 6.55 Å². The van der Waals surface area contributed by atoms with Gasteiger partial charge in [-0.15, -0.1) is 0 Å². The number of hydrogen-bond donors (Lipinski definition) is 0. The molecule has 1 aliphatic carbocycles. The fourth-order valence-corrected chi connectivity index (χ4v) is 2.94. The largest absolute Gasteiger partial charge is 0.319 e. The van der Waals surface area contributed by atoms with Crippen LogP contribution in [0.1, 0.15) is 45.0 Å². The maximum Gasteiger partial charge on any atom is 0.319 e. The predicted octanol–water partition coefficient (Wildman–Crippen LogP) is 3.29. The lowest BCUT2D eigenvalue weighted by molar-refractivity contribution is 0.0603. The van der Waals surface area contributed by atoms with Gasteiger partial charge in [-0.2, -0.15) is 8.78 Å². The molecule has 0 N–H and O–H groups in total. The van der Waals surface area contributed by atoms with Crippen LogP contribution < -0.4 is 0 Å². The molecular weight excluding hydrogens is 236 g/mol. The Labute approximate surface area is 107 Å². The predicted molar refractivity (Wildman–Crippen MR) is 66.4 cm³/mol. The molecule has 0 aliphatic heterocycles. The second kappa shape index (κ2) is 5.78. The molecule has 0 aromatic carbocycles. The Morgan fingerprint density at radius 3 is 2.83 bits per heavy atom. The van der Waals surface area contributed by atoms with Crippen LogP contribution in [-0.4, -0.2) is 27.5 Å². The van der Waals surface area contributed by atoms with E-state index in [0.717, 1.165) is 11.0 Å². The van der Waals surface area contributed by atoms with Crippen molar-refractivity contribution in [2.24, 2.45) is 5.92 Å². The molecule has 18 heavy (non-hydrogen) atoms. The summed E-state index contributed by atoms with van der Waals surface area (Å²) in [5, 5.41) is 0. The van der Waals surface area contributed by atoms with Gasteiger partial charge in [0.1, 0.15) is 5.82 Å². The van der Waals surface area contributed by atoms with Crippen LogP contribution in [0.15, 0.2) is 12.4 Å². The smallest absolute Gasteiger partial charge is 0.296 e. The van der Waals surface area contributed by atoms with E-state index >= 15 is 0 Å². The van der Waals surface area contributed by atoms with Gasteiger partial charge in [-0.1, -0.05) is 19.8 Å². The highest BCUT2D eigenvalue weighted by Crippen LogP contribution is 2.28. The van der Waals surface area contributed by atoms with E-state index in [2.05, 4.69) is 16.8 Å². The van der Waals surface area contributed by atoms with Crippen LogP contribution in [0.3, 0.4) is 0 Å². The van der Waals surface area contributed by atoms with Crippen molar-refractivity contribution in [3.05, 3.63) is 18.2 Å². The molecule has 2 atom stereocenters. The number of nitrogens with zero attached hydrogens (tertiary/aromatic N) is 3. The van der Waals surface area contributed by atoms with Gasteiger partial charge in [0, 0.05) is 18.4 Å². The van der Waals surface area contributed by atoms with Gasteiger partial charge in [0.2, 0.25) is 0 Å². The molecule has 0 unspecified atom stereocenters. The molecule has 1 aliphatic rings. The summed E-state index contributed by atoms with van der Waals surface area (Å²) in [7, 11) is 2.01. The summed E-state index contributed by atoms with van der Waals surface area (Å²) in [5.41, 5.74) is 0. The van der Waals surface area contributed by atoms with E-state index in [1.165, 1.54) is 31.7 Å². The van der Waals surface area contributed by atoms with Crippen molar-refractivity contribution in [1.29, 1.82) is 0 Å². The number of hydrogen-bond acceptors (Lipinski definition) is 2. The highest BCUT2D eigenvalue weighted by Gasteiger charge is 2.26. The van der Waals surface area contributed by atoms with Crippen molar-refractivity contribution in [3.63, 3.8) is 0 Å². The maximum absolute atomic E-state index is 12.7. The van der Waals surface area contributed by atoms with E-state index in [4.69, 9.17) is 0 Å². The number of alkyl halides is 2. The van der Waals surface area contributed by atoms with Crippen LogP contribution in [-0.2, 0) is 6.54 Å². The zero-order valence-electron chi connectivity index (χ0n) is 11.0. The normalized spacial score (nSPS) is 25.0. The van der Waals surface area contributed by atoms with Crippen molar-refractivity contribution >= 4 is 0 Å². The molecule has 0 bridgehead atoms. The van der Waals surface area contributed by atoms with E-state index in [-0.39, 0.29) is 0 Å². The Balaban J connectivity index is 2.01. The van der Waals surface area contributed by atoms with Gasteiger partial charge >= 0.3 is 6.55 Å². The van der Waals surface area contributed by atoms with Gasteiger partial charge in [-0.05, 0) is 25.8 Å². The SMILES string of the molecule is C[C@@H]1CCCC[C@@H]1N(C)Cc1nccn1C(F)F. The second-order valence-electron chi connectivity index (χ2n) is 5.27. The van der Waals surface area contributed by atoms with Crippen molar-refractivity contribution in [3.8, 4) is 0 Å². The van der Waals surface area contributed by atoms with Crippen LogP contribution in [0.25, 0.3) is 0 Å². The summed E-state index contributed by atoms with van der Waals surface area (Å²) in [6.45, 7) is 0.242. The van der Waals surface area contributed by atoms with Crippen molar-refractivity contribution in [1.82, 2.24) is 14.5 Å². The highest BCUT2D eigenvalue weighted by molar-refractivity contribution is 4.94. The number of aromatic nitrogens is 2. The van der Waals surface area contributed by atoms with Crippen LogP contribution in [0.4, 0.5) is 8.78 Å². The molecular formula is C13H21F2N3. The lowest BCUT2D eigenvalue weighted by atomic mass is 9.85. The minimum Gasteiger partial charge on any atom is -0.296 e. The standard InChI is InChI=1S/C13H21F2N3/c1-10-5-3-4-6-11(10)17(2)9-12-16-7-8-18(12)13(14)15/h7-8,10-11,13H,3-6,9H2,1-2H3/t10-,11+/m1/s1. The minimum atomic E-state index is -2.50. The fraction of sp³-hybridized carbons (Fsp3) is 0.769. The lowest BCUT2D eigenvalue weighted by Gasteiger charge is -2.36. The van der Waals surface area contributed by atoms with Crippen LogP contribution in [0, 0.1) is 5.92 Å². The van der Waals surface area contributed by atoms with E-state index in [0.29, 0.717) is 24.3 Å². The van der Waals surface area contributed by atoms with Crippen LogP contribution in [0.2, 0.25) is 0 Å². The summed E-state index contributed by atoms with van der Waals surface area (Å²) < 4.78 is 26.4. The first kappa shape index (κ1) is 13.5. The second-order valence-corrected chi connectivity index (χ2v) is 5.27. The molecule has 5 heteroatoms. The van der Waals surface area contributed by atoms with Gasteiger partial charge in [0.15, 0.2) is 0 Å². The highest BCUT2D eigenvalue weighted by atomic mass is 19.3. The molecule has 0 amide bonds. The molecule has 102 valence electrons. The zero-order chi connectivity index (χ0) is 13.1. The molecule has 1 aromatic heterocycles. The van der Waals surface area contributed by atoms with Crippen molar-refractivity contribution in [2.45, 2.75) is 51.7 Å². The Bertz CT molecular complexity index is 378. The van der Waals surface area contributed by atoms with Gasteiger partial charge in [0.25, 0.3) is 0 Å². The summed E-state index contributed by atoms with van der Waals surface area (Å²) in [6.07, 6.45) is 7.71. The van der Waals surface area contributed by atoms with Gasteiger partial charge in [-0.3, -0.25) is 9.47 Å². The summed E-state index contributed by atoms with van der Waals surface area (Å²) >= 11 is 0. The molecule has 0 saturated heterocycles. The molecule has 1 heterocycles. The lowest BCUT2D eigenvalue weighted by Crippen LogP contribution is -2.39. The van der Waals surface area contributed by atoms with E-state index in [1.54, 1.807) is 0 Å². The first-order chi connectivity index (χ1) is 8.59. The molecule has 0 radical (unpaired) electrons. The molecule has 1 saturated carbocycles. The average Bonchev–Trinajstić information content (AvgIpc) is 2.77. The molecule has 3 nitrogen and oxygen atoms in total. The summed E-state index contributed by atoms with van der Waals surface area (Å²) in [4.78, 5) is 6.21. The average molecular weight is 257 g/mol. The number of imidazole rings is 1. The minimum absolute atomic E-state index is 0.449. The topological polar surface area (TPSA) is 21.1 Å². The Morgan fingerprint density at radius 1 is 1.44 bits per heavy atom. The maximum atomic E-state index is 12.7. The molecule has 2 rings (SSSR count). The Hall–Kier alpha value is -0.970. The van der Waals surface area contributed by atoms with Gasteiger partial charge in [-0.25, -0.2) is 4.98 Å². The number of rotatable bonds is 4. The molecule has 1 aromatic rings. The fourth-order valence-electron chi connectivity index (χ4n) is 2.94. The van der Waals surface area contributed by atoms with E-state index in [9.17, 15) is 8.78 Å². The first-order valence-electron chi connectivity index (χ1n) is 6.59. The Morgan fingerprint density at radius 2 is 2.17 bits per heavy atom. The third-order valence-corrected chi connectivity index (χ3v) is 3.98. The monoisotopic (exact) mass is 257 g/mol. The molecule has 0 spiro atoms. The Kier molecular flexibility index (Phi) is 4.32. The van der Waals surface area contributed by atoms with Crippen LogP contribution >= 0.6 is 0 Å². The summed E-state index contributed by atoms with van der Waals surface area (Å²) in [5.74, 6) is 1.09. The first-order valence-corrected chi connectivity index (χ1v) is 6.59. The molecule has 1 fully saturated rings. The third-order valence-electron chi connectivity index (χ3n) is 3.98. The van der Waals surface area contributed by atoms with Gasteiger partial charge in [0.05, 0.1) is 6.54 Å². The van der Waals surface area contributed by atoms with Crippen LogP contribution in [0.5, 0.6) is 0 Å².